The lowest BCUT2D eigenvalue weighted by molar-refractivity contribution is 0.0227. The molecule has 0 aromatic rings. The summed E-state index contributed by atoms with van der Waals surface area (Å²) in [4.78, 5) is 7.38. The number of nitrogens with zero attached hydrogens (tertiary/aromatic N) is 1. The van der Waals surface area contributed by atoms with E-state index in [9.17, 15) is 0 Å². The van der Waals surface area contributed by atoms with E-state index in [1.54, 1.807) is 0 Å². The lowest BCUT2D eigenvalue weighted by Crippen LogP contribution is -2.23. The summed E-state index contributed by atoms with van der Waals surface area (Å²) in [7, 11) is 4.16. The zero-order valence-electron chi connectivity index (χ0n) is 8.76. The van der Waals surface area contributed by atoms with E-state index in [1.165, 1.54) is 0 Å². The minimum atomic E-state index is 0.603. The molecule has 0 saturated heterocycles. The maximum atomic E-state index is 5.21. The molecule has 0 radical (unpaired) electrons. The molecule has 0 aliphatic heterocycles. The summed E-state index contributed by atoms with van der Waals surface area (Å²) >= 11 is 0. The molecule has 0 unspecified atom stereocenters. The predicted molar refractivity (Wildman–Crippen MR) is 52.0 cm³/mol. The molecule has 0 rings (SSSR count). The molecule has 0 atom stereocenters. The van der Waals surface area contributed by atoms with Crippen LogP contribution < -0.4 is 5.48 Å². The van der Waals surface area contributed by atoms with Crippen molar-refractivity contribution in [3.63, 3.8) is 0 Å². The van der Waals surface area contributed by atoms with Gasteiger partial charge in [-0.05, 0) is 33.0 Å². The van der Waals surface area contributed by atoms with E-state index in [1.807, 2.05) is 0 Å². The van der Waals surface area contributed by atoms with Crippen LogP contribution in [0.3, 0.4) is 0 Å². The second-order valence-electron chi connectivity index (χ2n) is 3.76. The Morgan fingerprint density at radius 2 is 2.00 bits per heavy atom. The van der Waals surface area contributed by atoms with Gasteiger partial charge < -0.3 is 9.74 Å². The van der Waals surface area contributed by atoms with Gasteiger partial charge in [-0.1, -0.05) is 13.8 Å². The second kappa shape index (κ2) is 7.53. The van der Waals surface area contributed by atoms with Crippen molar-refractivity contribution in [1.82, 2.24) is 10.4 Å². The molecule has 0 aromatic heterocycles. The van der Waals surface area contributed by atoms with Crippen molar-refractivity contribution in [2.75, 3.05) is 33.8 Å². The predicted octanol–water partition coefficient (Wildman–Crippen LogP) is 1.12. The first kappa shape index (κ1) is 11.9. The summed E-state index contributed by atoms with van der Waals surface area (Å²) in [6, 6.07) is 0. The van der Waals surface area contributed by atoms with E-state index in [2.05, 4.69) is 38.3 Å². The lowest BCUT2D eigenvalue weighted by Gasteiger charge is -2.10. The Morgan fingerprint density at radius 3 is 2.50 bits per heavy atom. The quantitative estimate of drug-likeness (QED) is 0.462. The van der Waals surface area contributed by atoms with E-state index in [-0.39, 0.29) is 0 Å². The smallest absolute Gasteiger partial charge is 0.0705 e. The van der Waals surface area contributed by atoms with Crippen molar-refractivity contribution < 1.29 is 4.84 Å². The number of hydroxylamine groups is 1. The van der Waals surface area contributed by atoms with Gasteiger partial charge in [-0.25, -0.2) is 5.48 Å². The first-order valence-electron chi connectivity index (χ1n) is 4.62. The zero-order valence-corrected chi connectivity index (χ0v) is 8.76. The van der Waals surface area contributed by atoms with Crippen LogP contribution in [0.25, 0.3) is 0 Å². The zero-order chi connectivity index (χ0) is 9.40. The SMILES string of the molecule is CC(C)CONCCCN(C)C. The van der Waals surface area contributed by atoms with Crippen LogP contribution in [0.5, 0.6) is 0 Å². The molecule has 1 N–H and O–H groups in total. The van der Waals surface area contributed by atoms with Crippen molar-refractivity contribution in [2.45, 2.75) is 20.3 Å². The first-order valence-corrected chi connectivity index (χ1v) is 4.62. The number of hydrogen-bond donors (Lipinski definition) is 1. The summed E-state index contributed by atoms with van der Waals surface area (Å²) in [5.74, 6) is 0.603. The van der Waals surface area contributed by atoms with Crippen LogP contribution in [0, 0.1) is 5.92 Å². The third kappa shape index (κ3) is 9.88. The average molecular weight is 174 g/mol. The molecule has 0 bridgehead atoms. The van der Waals surface area contributed by atoms with E-state index >= 15 is 0 Å². The largest absolute Gasteiger partial charge is 0.309 e. The van der Waals surface area contributed by atoms with Crippen molar-refractivity contribution in [3.05, 3.63) is 0 Å². The van der Waals surface area contributed by atoms with Crippen LogP contribution in [0.1, 0.15) is 20.3 Å². The van der Waals surface area contributed by atoms with Crippen LogP contribution in [-0.2, 0) is 4.84 Å². The van der Waals surface area contributed by atoms with E-state index < -0.39 is 0 Å². The van der Waals surface area contributed by atoms with E-state index in [0.29, 0.717) is 5.92 Å². The van der Waals surface area contributed by atoms with Gasteiger partial charge in [0.2, 0.25) is 0 Å². The van der Waals surface area contributed by atoms with Crippen LogP contribution in [0.4, 0.5) is 0 Å². The molecule has 74 valence electrons. The summed E-state index contributed by atoms with van der Waals surface area (Å²) < 4.78 is 0. The summed E-state index contributed by atoms with van der Waals surface area (Å²) in [5, 5.41) is 0. The Morgan fingerprint density at radius 1 is 1.33 bits per heavy atom. The Balaban J connectivity index is 2.91. The van der Waals surface area contributed by atoms with Gasteiger partial charge in [0.15, 0.2) is 0 Å². The van der Waals surface area contributed by atoms with Crippen molar-refractivity contribution in [1.29, 1.82) is 0 Å². The molecule has 0 heterocycles. The molecule has 0 aliphatic carbocycles. The van der Waals surface area contributed by atoms with Crippen molar-refractivity contribution in [2.24, 2.45) is 5.92 Å². The van der Waals surface area contributed by atoms with Gasteiger partial charge in [-0.15, -0.1) is 0 Å². The van der Waals surface area contributed by atoms with Gasteiger partial charge in [0.25, 0.3) is 0 Å². The molecule has 0 spiro atoms. The molecule has 12 heavy (non-hydrogen) atoms. The van der Waals surface area contributed by atoms with E-state index in [4.69, 9.17) is 4.84 Å². The minimum Gasteiger partial charge on any atom is -0.309 e. The van der Waals surface area contributed by atoms with Crippen LogP contribution in [-0.4, -0.2) is 38.7 Å². The van der Waals surface area contributed by atoms with Gasteiger partial charge in [0.1, 0.15) is 0 Å². The molecular weight excluding hydrogens is 152 g/mol. The standard InChI is InChI=1S/C9H22N2O/c1-9(2)8-12-10-6-5-7-11(3)4/h9-10H,5-8H2,1-4H3. The fraction of sp³-hybridized carbons (Fsp3) is 1.00. The lowest BCUT2D eigenvalue weighted by atomic mass is 10.2. The Labute approximate surface area is 76.0 Å². The molecule has 0 fully saturated rings. The maximum Gasteiger partial charge on any atom is 0.0705 e. The minimum absolute atomic E-state index is 0.603. The number of nitrogens with one attached hydrogen (secondary N) is 1. The average Bonchev–Trinajstić information content (AvgIpc) is 1.95. The monoisotopic (exact) mass is 174 g/mol. The summed E-state index contributed by atoms with van der Waals surface area (Å²) in [6.45, 7) is 7.12. The van der Waals surface area contributed by atoms with Gasteiger partial charge in [-0.3, -0.25) is 0 Å². The number of rotatable bonds is 7. The van der Waals surface area contributed by atoms with Gasteiger partial charge in [-0.2, -0.15) is 0 Å². The Hall–Kier alpha value is -0.120. The Bertz CT molecular complexity index is 82.5. The first-order chi connectivity index (χ1) is 5.63. The summed E-state index contributed by atoms with van der Waals surface area (Å²) in [5.41, 5.74) is 2.95. The highest BCUT2D eigenvalue weighted by atomic mass is 16.6. The Kier molecular flexibility index (Phi) is 7.45. The fourth-order valence-corrected chi connectivity index (χ4v) is 0.765. The normalized spacial score (nSPS) is 11.5. The van der Waals surface area contributed by atoms with Crippen LogP contribution in [0.2, 0.25) is 0 Å². The second-order valence-corrected chi connectivity index (χ2v) is 3.76. The van der Waals surface area contributed by atoms with Gasteiger partial charge in [0.05, 0.1) is 6.61 Å². The molecule has 0 saturated carbocycles. The van der Waals surface area contributed by atoms with Crippen molar-refractivity contribution in [3.8, 4) is 0 Å². The van der Waals surface area contributed by atoms with Crippen molar-refractivity contribution >= 4 is 0 Å². The van der Waals surface area contributed by atoms with Crippen LogP contribution in [0.15, 0.2) is 0 Å². The van der Waals surface area contributed by atoms with E-state index in [0.717, 1.165) is 26.1 Å². The fourth-order valence-electron chi connectivity index (χ4n) is 0.765. The van der Waals surface area contributed by atoms with Gasteiger partial charge >= 0.3 is 0 Å². The molecule has 3 nitrogen and oxygen atoms in total. The third-order valence-electron chi connectivity index (χ3n) is 1.40. The maximum absolute atomic E-state index is 5.21. The highest BCUT2D eigenvalue weighted by Crippen LogP contribution is 1.89. The molecular formula is C9H22N2O. The number of hydrogen-bond acceptors (Lipinski definition) is 3. The molecule has 0 amide bonds. The highest BCUT2D eigenvalue weighted by molar-refractivity contribution is 4.44. The molecule has 0 aromatic carbocycles. The molecule has 3 heteroatoms. The van der Waals surface area contributed by atoms with Gasteiger partial charge in [0, 0.05) is 6.54 Å². The molecule has 0 aliphatic rings. The topological polar surface area (TPSA) is 24.5 Å². The van der Waals surface area contributed by atoms with Crippen LogP contribution >= 0.6 is 0 Å². The summed E-state index contributed by atoms with van der Waals surface area (Å²) in [6.07, 6.45) is 1.13. The third-order valence-corrected chi connectivity index (χ3v) is 1.40. The highest BCUT2D eigenvalue weighted by Gasteiger charge is 1.93.